The van der Waals surface area contributed by atoms with E-state index >= 15 is 0 Å². The number of rotatable bonds is 9. The molecule has 3 aromatic rings. The van der Waals surface area contributed by atoms with Gasteiger partial charge in [0.05, 0.1) is 19.1 Å². The van der Waals surface area contributed by atoms with Crippen LogP contribution in [0, 0.1) is 0 Å². The second-order valence-electron chi connectivity index (χ2n) is 6.22. The minimum atomic E-state index is -0.194. The number of methoxy groups -OCH3 is 1. The lowest BCUT2D eigenvalue weighted by Crippen LogP contribution is -2.19. The lowest BCUT2D eigenvalue weighted by atomic mass is 10.2. The molecule has 154 valence electrons. The molecule has 0 radical (unpaired) electrons. The zero-order valence-corrected chi connectivity index (χ0v) is 18.0. The van der Waals surface area contributed by atoms with Crippen molar-refractivity contribution in [2.24, 2.45) is 5.10 Å². The van der Waals surface area contributed by atoms with Crippen LogP contribution in [0.2, 0.25) is 5.02 Å². The summed E-state index contributed by atoms with van der Waals surface area (Å²) in [6, 6.07) is 22.7. The maximum atomic E-state index is 12.0. The Balaban J connectivity index is 1.54. The van der Waals surface area contributed by atoms with Crippen LogP contribution in [0.1, 0.15) is 11.1 Å². The maximum absolute atomic E-state index is 12.0. The van der Waals surface area contributed by atoms with E-state index in [9.17, 15) is 4.79 Å². The highest BCUT2D eigenvalue weighted by Gasteiger charge is 2.06. The predicted octanol–water partition coefficient (Wildman–Crippen LogP) is 5.17. The van der Waals surface area contributed by atoms with E-state index in [0.717, 1.165) is 16.0 Å². The van der Waals surface area contributed by atoms with Gasteiger partial charge < -0.3 is 9.47 Å². The highest BCUT2D eigenvalue weighted by atomic mass is 35.5. The summed E-state index contributed by atoms with van der Waals surface area (Å²) in [6.07, 6.45) is 1.57. The molecule has 0 aliphatic heterocycles. The molecule has 0 bridgehead atoms. The second-order valence-corrected chi connectivity index (χ2v) is 7.71. The number of nitrogens with one attached hydrogen (secondary N) is 1. The Bertz CT molecular complexity index is 995. The summed E-state index contributed by atoms with van der Waals surface area (Å²) >= 11 is 7.27. The van der Waals surface area contributed by atoms with E-state index in [1.165, 1.54) is 11.8 Å². The van der Waals surface area contributed by atoms with E-state index < -0.39 is 0 Å². The van der Waals surface area contributed by atoms with Crippen molar-refractivity contribution < 1.29 is 14.3 Å². The highest BCUT2D eigenvalue weighted by Crippen LogP contribution is 2.28. The Hall–Kier alpha value is -2.96. The molecule has 0 atom stereocenters. The summed E-state index contributed by atoms with van der Waals surface area (Å²) < 4.78 is 11.3. The number of nitrogens with zero attached hydrogens (tertiary/aromatic N) is 1. The molecule has 30 heavy (non-hydrogen) atoms. The molecule has 0 aromatic heterocycles. The third-order valence-electron chi connectivity index (χ3n) is 4.01. The first-order chi connectivity index (χ1) is 14.6. The van der Waals surface area contributed by atoms with Crippen molar-refractivity contribution in [3.63, 3.8) is 0 Å². The molecule has 1 amide bonds. The number of hydrogen-bond acceptors (Lipinski definition) is 5. The van der Waals surface area contributed by atoms with Crippen molar-refractivity contribution in [2.45, 2.75) is 11.5 Å². The number of benzene rings is 3. The van der Waals surface area contributed by atoms with Crippen LogP contribution in [0.3, 0.4) is 0 Å². The Labute approximate surface area is 185 Å². The van der Waals surface area contributed by atoms with E-state index in [2.05, 4.69) is 10.5 Å². The number of hydrazone groups is 1. The number of halogens is 1. The molecule has 0 saturated heterocycles. The number of carbonyl (C=O) groups excluding carboxylic acids is 1. The number of thioether (sulfide) groups is 1. The standard InChI is InChI=1S/C23H21ClN2O3S/c1-28-21-12-7-18(13-22(21)29-15-17-5-3-2-4-6-17)14-25-26-23(27)16-30-20-10-8-19(24)9-11-20/h2-14H,15-16H2,1H3,(H,26,27)/b25-14-. The molecule has 0 fully saturated rings. The van der Waals surface area contributed by atoms with Crippen molar-refractivity contribution >= 4 is 35.5 Å². The third kappa shape index (κ3) is 6.83. The fourth-order valence-electron chi connectivity index (χ4n) is 2.51. The van der Waals surface area contributed by atoms with Gasteiger partial charge in [-0.15, -0.1) is 11.8 Å². The van der Waals surface area contributed by atoms with Crippen LogP contribution in [0.5, 0.6) is 11.5 Å². The zero-order chi connectivity index (χ0) is 21.2. The van der Waals surface area contributed by atoms with Gasteiger partial charge in [-0.1, -0.05) is 41.9 Å². The first-order valence-electron chi connectivity index (χ1n) is 9.19. The van der Waals surface area contributed by atoms with Gasteiger partial charge in [-0.2, -0.15) is 5.10 Å². The van der Waals surface area contributed by atoms with Crippen molar-refractivity contribution in [2.75, 3.05) is 12.9 Å². The van der Waals surface area contributed by atoms with Crippen molar-refractivity contribution in [3.05, 3.63) is 88.9 Å². The van der Waals surface area contributed by atoms with Gasteiger partial charge in [0.15, 0.2) is 11.5 Å². The molecule has 3 rings (SSSR count). The van der Waals surface area contributed by atoms with Gasteiger partial charge in [-0.05, 0) is 53.6 Å². The highest BCUT2D eigenvalue weighted by molar-refractivity contribution is 8.00. The van der Waals surface area contributed by atoms with Crippen LogP contribution in [-0.2, 0) is 11.4 Å². The van der Waals surface area contributed by atoms with Crippen LogP contribution in [-0.4, -0.2) is 25.0 Å². The van der Waals surface area contributed by atoms with Crippen LogP contribution < -0.4 is 14.9 Å². The number of carbonyl (C=O) groups is 1. The van der Waals surface area contributed by atoms with Crippen molar-refractivity contribution in [3.8, 4) is 11.5 Å². The molecule has 0 unspecified atom stereocenters. The number of hydrogen-bond donors (Lipinski definition) is 1. The number of amides is 1. The molecule has 0 saturated carbocycles. The van der Waals surface area contributed by atoms with Gasteiger partial charge in [0.25, 0.3) is 0 Å². The minimum Gasteiger partial charge on any atom is -0.493 e. The lowest BCUT2D eigenvalue weighted by molar-refractivity contribution is -0.118. The monoisotopic (exact) mass is 440 g/mol. The first kappa shape index (κ1) is 21.7. The van der Waals surface area contributed by atoms with E-state index in [-0.39, 0.29) is 11.7 Å². The Morgan fingerprint density at radius 1 is 1.07 bits per heavy atom. The lowest BCUT2D eigenvalue weighted by Gasteiger charge is -2.11. The summed E-state index contributed by atoms with van der Waals surface area (Å²) in [7, 11) is 1.59. The zero-order valence-electron chi connectivity index (χ0n) is 16.4. The van der Waals surface area contributed by atoms with E-state index in [1.54, 1.807) is 31.5 Å². The van der Waals surface area contributed by atoms with E-state index in [4.69, 9.17) is 21.1 Å². The largest absolute Gasteiger partial charge is 0.493 e. The molecule has 0 aliphatic carbocycles. The second kappa shape index (κ2) is 11.3. The Morgan fingerprint density at radius 3 is 2.57 bits per heavy atom. The summed E-state index contributed by atoms with van der Waals surface area (Å²) in [5, 5.41) is 4.69. The average Bonchev–Trinajstić information content (AvgIpc) is 2.78. The molecule has 7 heteroatoms. The third-order valence-corrected chi connectivity index (χ3v) is 5.28. The molecular formula is C23H21ClN2O3S. The minimum absolute atomic E-state index is 0.194. The summed E-state index contributed by atoms with van der Waals surface area (Å²) in [4.78, 5) is 13.0. The SMILES string of the molecule is COc1ccc(/C=N\NC(=O)CSc2ccc(Cl)cc2)cc1OCc1ccccc1. The summed E-state index contributed by atoms with van der Waals surface area (Å²) in [5.41, 5.74) is 4.37. The van der Waals surface area contributed by atoms with Gasteiger partial charge in [0.2, 0.25) is 5.91 Å². The van der Waals surface area contributed by atoms with Crippen LogP contribution in [0.25, 0.3) is 0 Å². The van der Waals surface area contributed by atoms with Crippen molar-refractivity contribution in [1.82, 2.24) is 5.43 Å². The first-order valence-corrected chi connectivity index (χ1v) is 10.6. The smallest absolute Gasteiger partial charge is 0.250 e. The van der Waals surface area contributed by atoms with Gasteiger partial charge in [-0.25, -0.2) is 5.43 Å². The summed E-state index contributed by atoms with van der Waals surface area (Å²) in [5.74, 6) is 1.30. The predicted molar refractivity (Wildman–Crippen MR) is 122 cm³/mol. The molecule has 5 nitrogen and oxygen atoms in total. The van der Waals surface area contributed by atoms with Gasteiger partial charge >= 0.3 is 0 Å². The maximum Gasteiger partial charge on any atom is 0.250 e. The molecule has 1 N–H and O–H groups in total. The molecule has 0 spiro atoms. The summed E-state index contributed by atoms with van der Waals surface area (Å²) in [6.45, 7) is 0.427. The molecular weight excluding hydrogens is 420 g/mol. The topological polar surface area (TPSA) is 59.9 Å². The average molecular weight is 441 g/mol. The molecule has 3 aromatic carbocycles. The van der Waals surface area contributed by atoms with E-state index in [0.29, 0.717) is 23.1 Å². The quantitative estimate of drug-likeness (QED) is 0.283. The van der Waals surface area contributed by atoms with Gasteiger partial charge in [-0.3, -0.25) is 4.79 Å². The molecule has 0 heterocycles. The van der Waals surface area contributed by atoms with Crippen LogP contribution in [0.4, 0.5) is 0 Å². The fourth-order valence-corrected chi connectivity index (χ4v) is 3.33. The Morgan fingerprint density at radius 2 is 1.83 bits per heavy atom. The fraction of sp³-hybridized carbons (Fsp3) is 0.130. The number of ether oxygens (including phenoxy) is 2. The van der Waals surface area contributed by atoms with Gasteiger partial charge in [0.1, 0.15) is 6.61 Å². The van der Waals surface area contributed by atoms with Crippen molar-refractivity contribution in [1.29, 1.82) is 0 Å². The Kier molecular flexibility index (Phi) is 8.18. The van der Waals surface area contributed by atoms with Gasteiger partial charge in [0, 0.05) is 9.92 Å². The van der Waals surface area contributed by atoms with E-state index in [1.807, 2.05) is 54.6 Å². The molecule has 0 aliphatic rings. The van der Waals surface area contributed by atoms with Crippen LogP contribution in [0.15, 0.2) is 82.8 Å². The van der Waals surface area contributed by atoms with Crippen LogP contribution >= 0.6 is 23.4 Å². The normalized spacial score (nSPS) is 10.7.